The quantitative estimate of drug-likeness (QED) is 0.843. The number of benzene rings is 1. The Labute approximate surface area is 106 Å². The highest BCUT2D eigenvalue weighted by Crippen LogP contribution is 2.05. The molecule has 94 valence electrons. The van der Waals surface area contributed by atoms with E-state index < -0.39 is 0 Å². The van der Waals surface area contributed by atoms with Gasteiger partial charge in [-0.15, -0.1) is 0 Å². The minimum absolute atomic E-state index is 0.0481. The predicted molar refractivity (Wildman–Crippen MR) is 69.9 cm³/mol. The number of carbonyl (C=O) groups is 1. The molecule has 4 heteroatoms. The Morgan fingerprint density at radius 2 is 2.11 bits per heavy atom. The van der Waals surface area contributed by atoms with E-state index in [2.05, 4.69) is 46.5 Å². The first kappa shape index (κ1) is 12.4. The van der Waals surface area contributed by atoms with Crippen LogP contribution in [0, 0.1) is 6.92 Å². The second-order valence-corrected chi connectivity index (χ2v) is 4.30. The van der Waals surface area contributed by atoms with Crippen LogP contribution in [-0.2, 0) is 17.8 Å². The molecule has 0 saturated carbocycles. The van der Waals surface area contributed by atoms with E-state index in [0.717, 1.165) is 12.2 Å². The van der Waals surface area contributed by atoms with Gasteiger partial charge in [-0.2, -0.15) is 0 Å². The normalized spacial score (nSPS) is 10.3. The molecule has 1 amide bonds. The molecule has 0 radical (unpaired) electrons. The van der Waals surface area contributed by atoms with Gasteiger partial charge in [0.2, 0.25) is 5.91 Å². The number of hydrogen-bond donors (Lipinski definition) is 2. The molecule has 0 bridgehead atoms. The number of hydrogen-bond acceptors (Lipinski definition) is 2. The number of nitrogens with zero attached hydrogens (tertiary/aromatic N) is 1. The third kappa shape index (κ3) is 3.73. The van der Waals surface area contributed by atoms with Crippen molar-refractivity contribution in [1.29, 1.82) is 0 Å². The van der Waals surface area contributed by atoms with Crippen LogP contribution in [0.25, 0.3) is 0 Å². The average molecular weight is 243 g/mol. The molecule has 1 aromatic carbocycles. The zero-order valence-corrected chi connectivity index (χ0v) is 10.4. The van der Waals surface area contributed by atoms with Crippen molar-refractivity contribution < 1.29 is 4.79 Å². The monoisotopic (exact) mass is 243 g/mol. The highest BCUT2D eigenvalue weighted by molar-refractivity contribution is 5.76. The fraction of sp³-hybridized carbons (Fsp3) is 0.286. The summed E-state index contributed by atoms with van der Waals surface area (Å²) in [4.78, 5) is 18.6. The van der Waals surface area contributed by atoms with Gasteiger partial charge in [0.15, 0.2) is 0 Å². The van der Waals surface area contributed by atoms with Crippen LogP contribution in [0.1, 0.15) is 23.4 Å². The van der Waals surface area contributed by atoms with Crippen molar-refractivity contribution in [2.45, 2.75) is 26.3 Å². The molecule has 0 aliphatic rings. The zero-order chi connectivity index (χ0) is 12.8. The summed E-state index contributed by atoms with van der Waals surface area (Å²) in [5.74, 6) is 0.825. The molecule has 0 aliphatic carbocycles. The number of rotatable bonds is 5. The highest BCUT2D eigenvalue weighted by atomic mass is 16.1. The van der Waals surface area contributed by atoms with Gasteiger partial charge < -0.3 is 10.3 Å². The van der Waals surface area contributed by atoms with Crippen molar-refractivity contribution in [3.8, 4) is 0 Å². The van der Waals surface area contributed by atoms with E-state index in [0.29, 0.717) is 13.0 Å². The maximum Gasteiger partial charge on any atom is 0.220 e. The summed E-state index contributed by atoms with van der Waals surface area (Å²) in [6.07, 6.45) is 4.69. The number of aromatic amines is 1. The second kappa shape index (κ2) is 6.00. The molecule has 1 aromatic heterocycles. The lowest BCUT2D eigenvalue weighted by Crippen LogP contribution is -2.23. The number of aromatic nitrogens is 2. The minimum atomic E-state index is 0.0481. The van der Waals surface area contributed by atoms with Crippen molar-refractivity contribution in [3.63, 3.8) is 0 Å². The molecule has 4 nitrogen and oxygen atoms in total. The van der Waals surface area contributed by atoms with Crippen molar-refractivity contribution in [2.75, 3.05) is 0 Å². The van der Waals surface area contributed by atoms with Gasteiger partial charge >= 0.3 is 0 Å². The first-order valence-electron chi connectivity index (χ1n) is 6.04. The number of imidazole rings is 1. The van der Waals surface area contributed by atoms with Gasteiger partial charge in [-0.1, -0.05) is 29.8 Å². The Hall–Kier alpha value is -2.10. The van der Waals surface area contributed by atoms with E-state index in [1.165, 1.54) is 11.1 Å². The lowest BCUT2D eigenvalue weighted by atomic mass is 10.1. The number of H-pyrrole nitrogens is 1. The third-order valence-electron chi connectivity index (χ3n) is 2.77. The molecule has 0 unspecified atom stereocenters. The van der Waals surface area contributed by atoms with E-state index >= 15 is 0 Å². The summed E-state index contributed by atoms with van der Waals surface area (Å²) in [6, 6.07) is 8.26. The molecule has 18 heavy (non-hydrogen) atoms. The Morgan fingerprint density at radius 3 is 2.78 bits per heavy atom. The SMILES string of the molecule is Cc1ccc(CCC(=O)NCc2ncc[nH]2)cc1. The molecule has 2 N–H and O–H groups in total. The van der Waals surface area contributed by atoms with Gasteiger partial charge in [0.05, 0.1) is 6.54 Å². The van der Waals surface area contributed by atoms with E-state index in [1.54, 1.807) is 12.4 Å². The lowest BCUT2D eigenvalue weighted by molar-refractivity contribution is -0.121. The van der Waals surface area contributed by atoms with Crippen LogP contribution in [0.3, 0.4) is 0 Å². The topological polar surface area (TPSA) is 57.8 Å². The molecule has 0 saturated heterocycles. The molecule has 1 heterocycles. The van der Waals surface area contributed by atoms with Crippen LogP contribution in [0.2, 0.25) is 0 Å². The van der Waals surface area contributed by atoms with Crippen LogP contribution in [-0.4, -0.2) is 15.9 Å². The third-order valence-corrected chi connectivity index (χ3v) is 2.77. The Morgan fingerprint density at radius 1 is 1.33 bits per heavy atom. The highest BCUT2D eigenvalue weighted by Gasteiger charge is 2.03. The lowest BCUT2D eigenvalue weighted by Gasteiger charge is -2.04. The van der Waals surface area contributed by atoms with Crippen molar-refractivity contribution in [2.24, 2.45) is 0 Å². The number of aryl methyl sites for hydroxylation is 2. The van der Waals surface area contributed by atoms with Crippen molar-refractivity contribution in [1.82, 2.24) is 15.3 Å². The summed E-state index contributed by atoms with van der Waals surface area (Å²) < 4.78 is 0. The van der Waals surface area contributed by atoms with Crippen LogP contribution in [0.15, 0.2) is 36.7 Å². The molecule has 0 spiro atoms. The summed E-state index contributed by atoms with van der Waals surface area (Å²) in [5, 5.41) is 2.83. The number of carbonyl (C=O) groups excluding carboxylic acids is 1. The van der Waals surface area contributed by atoms with Crippen LogP contribution < -0.4 is 5.32 Å². The van der Waals surface area contributed by atoms with Crippen molar-refractivity contribution in [3.05, 3.63) is 53.6 Å². The maximum atomic E-state index is 11.6. The molecule has 2 aromatic rings. The van der Waals surface area contributed by atoms with Gasteiger partial charge in [0.1, 0.15) is 5.82 Å². The zero-order valence-electron chi connectivity index (χ0n) is 10.4. The van der Waals surface area contributed by atoms with Gasteiger partial charge in [-0.05, 0) is 18.9 Å². The van der Waals surface area contributed by atoms with E-state index in [4.69, 9.17) is 0 Å². The largest absolute Gasteiger partial charge is 0.349 e. The second-order valence-electron chi connectivity index (χ2n) is 4.30. The summed E-state index contributed by atoms with van der Waals surface area (Å²) in [7, 11) is 0. The van der Waals surface area contributed by atoms with E-state index in [9.17, 15) is 4.79 Å². The molecule has 0 atom stereocenters. The van der Waals surface area contributed by atoms with Gasteiger partial charge in [0, 0.05) is 18.8 Å². The first-order chi connectivity index (χ1) is 8.74. The van der Waals surface area contributed by atoms with Crippen LogP contribution in [0.5, 0.6) is 0 Å². The van der Waals surface area contributed by atoms with E-state index in [1.807, 2.05) is 0 Å². The minimum Gasteiger partial charge on any atom is -0.349 e. The van der Waals surface area contributed by atoms with Gasteiger partial charge in [-0.25, -0.2) is 4.98 Å². The summed E-state index contributed by atoms with van der Waals surface area (Å²) >= 11 is 0. The maximum absolute atomic E-state index is 11.6. The fourth-order valence-electron chi connectivity index (χ4n) is 1.68. The molecular formula is C14H17N3O. The molecule has 2 rings (SSSR count). The predicted octanol–water partition coefficient (Wildman–Crippen LogP) is 1.97. The Bertz CT molecular complexity index is 488. The average Bonchev–Trinajstić information content (AvgIpc) is 2.89. The smallest absolute Gasteiger partial charge is 0.220 e. The van der Waals surface area contributed by atoms with Crippen LogP contribution in [0.4, 0.5) is 0 Å². The Balaban J connectivity index is 1.73. The molecular weight excluding hydrogens is 226 g/mol. The van der Waals surface area contributed by atoms with Gasteiger partial charge in [-0.3, -0.25) is 4.79 Å². The molecule has 0 fully saturated rings. The number of amides is 1. The Kier molecular flexibility index (Phi) is 4.12. The van der Waals surface area contributed by atoms with Gasteiger partial charge in [0.25, 0.3) is 0 Å². The van der Waals surface area contributed by atoms with Crippen molar-refractivity contribution >= 4 is 5.91 Å². The van der Waals surface area contributed by atoms with Crippen LogP contribution >= 0.6 is 0 Å². The number of nitrogens with one attached hydrogen (secondary N) is 2. The molecule has 0 aliphatic heterocycles. The standard InChI is InChI=1S/C14H17N3O/c1-11-2-4-12(5-3-11)6-7-14(18)17-10-13-15-8-9-16-13/h2-5,8-9H,6-7,10H2,1H3,(H,15,16)(H,17,18). The summed E-state index contributed by atoms with van der Waals surface area (Å²) in [5.41, 5.74) is 2.43. The summed E-state index contributed by atoms with van der Waals surface area (Å²) in [6.45, 7) is 2.51. The van der Waals surface area contributed by atoms with E-state index in [-0.39, 0.29) is 5.91 Å². The fourth-order valence-corrected chi connectivity index (χ4v) is 1.68. The first-order valence-corrected chi connectivity index (χ1v) is 6.04.